The summed E-state index contributed by atoms with van der Waals surface area (Å²) in [5.74, 6) is -0.745. The van der Waals surface area contributed by atoms with E-state index in [0.717, 1.165) is 36.9 Å². The van der Waals surface area contributed by atoms with Gasteiger partial charge in [0.1, 0.15) is 6.20 Å². The van der Waals surface area contributed by atoms with Gasteiger partial charge in [0.2, 0.25) is 5.75 Å². The number of carbonyl (C=O) groups is 1. The third-order valence-electron chi connectivity index (χ3n) is 4.60. The topological polar surface area (TPSA) is 98.5 Å². The molecule has 8 nitrogen and oxygen atoms in total. The third-order valence-corrected chi connectivity index (χ3v) is 5.47. The third kappa shape index (κ3) is 6.08. The van der Waals surface area contributed by atoms with Gasteiger partial charge in [0.15, 0.2) is 11.7 Å². The van der Waals surface area contributed by atoms with Crippen LogP contribution in [0.15, 0.2) is 54.0 Å². The molecular weight excluding hydrogens is 416 g/mol. The second kappa shape index (κ2) is 11.2. The molecule has 0 aliphatic carbocycles. The van der Waals surface area contributed by atoms with E-state index in [1.807, 2.05) is 35.7 Å². The fourth-order valence-electron chi connectivity index (χ4n) is 3.00. The first-order valence-electron chi connectivity index (χ1n) is 10.1. The zero-order valence-corrected chi connectivity index (χ0v) is 18.1. The molecule has 162 valence electrons. The van der Waals surface area contributed by atoms with Gasteiger partial charge in [-0.05, 0) is 28.5 Å². The van der Waals surface area contributed by atoms with Crippen LogP contribution in [0.3, 0.4) is 0 Å². The second-order valence-corrected chi connectivity index (χ2v) is 7.69. The Kier molecular flexibility index (Phi) is 8.05. The average Bonchev–Trinajstić information content (AvgIpc) is 3.28. The van der Waals surface area contributed by atoms with E-state index in [0.29, 0.717) is 11.7 Å². The monoisotopic (exact) mass is 440 g/mol. The van der Waals surface area contributed by atoms with Crippen LogP contribution in [-0.4, -0.2) is 34.0 Å². The minimum Gasteiger partial charge on any atom is -0.476 e. The summed E-state index contributed by atoms with van der Waals surface area (Å²) < 4.78 is 5.46. The number of carbonyl (C=O) groups excluding carboxylic acids is 1. The molecule has 0 saturated heterocycles. The lowest BCUT2D eigenvalue weighted by Gasteiger charge is -2.20. The van der Waals surface area contributed by atoms with E-state index in [2.05, 4.69) is 16.9 Å². The lowest BCUT2D eigenvalue weighted by Crippen LogP contribution is -2.36. The molecular formula is C22H24N4O4S. The lowest BCUT2D eigenvalue weighted by atomic mass is 10.2. The zero-order chi connectivity index (χ0) is 22.1. The van der Waals surface area contributed by atoms with E-state index in [9.17, 15) is 14.9 Å². The maximum absolute atomic E-state index is 13.0. The van der Waals surface area contributed by atoms with E-state index >= 15 is 0 Å². The van der Waals surface area contributed by atoms with Crippen molar-refractivity contribution >= 4 is 28.2 Å². The van der Waals surface area contributed by atoms with Crippen molar-refractivity contribution in [2.45, 2.75) is 32.6 Å². The number of pyridine rings is 1. The Bertz CT molecular complexity index is 1010. The maximum Gasteiger partial charge on any atom is 0.406 e. The zero-order valence-electron chi connectivity index (χ0n) is 17.3. The van der Waals surface area contributed by atoms with Crippen LogP contribution < -0.4 is 9.64 Å². The number of aromatic nitrogens is 2. The van der Waals surface area contributed by atoms with E-state index in [1.165, 1.54) is 29.7 Å². The van der Waals surface area contributed by atoms with E-state index in [-0.39, 0.29) is 18.3 Å². The molecule has 1 amide bonds. The van der Waals surface area contributed by atoms with E-state index in [4.69, 9.17) is 4.74 Å². The fourth-order valence-corrected chi connectivity index (χ4v) is 3.88. The molecule has 0 bridgehead atoms. The van der Waals surface area contributed by atoms with Crippen LogP contribution in [0.5, 0.6) is 5.75 Å². The van der Waals surface area contributed by atoms with E-state index in [1.54, 1.807) is 4.90 Å². The number of nitro groups is 1. The number of benzene rings is 1. The number of hydrogen-bond acceptors (Lipinski definition) is 7. The summed E-state index contributed by atoms with van der Waals surface area (Å²) >= 11 is 1.39. The van der Waals surface area contributed by atoms with Crippen molar-refractivity contribution in [3.8, 4) is 17.0 Å². The molecule has 0 aliphatic heterocycles. The molecule has 1 aromatic carbocycles. The van der Waals surface area contributed by atoms with Crippen LogP contribution in [0, 0.1) is 10.1 Å². The van der Waals surface area contributed by atoms with Gasteiger partial charge < -0.3 is 14.9 Å². The van der Waals surface area contributed by atoms with Crippen molar-refractivity contribution in [3.63, 3.8) is 0 Å². The fraction of sp³-hybridized carbons (Fsp3) is 0.318. The van der Waals surface area contributed by atoms with E-state index < -0.39 is 10.7 Å². The molecule has 0 saturated carbocycles. The van der Waals surface area contributed by atoms with Gasteiger partial charge in [-0.2, -0.15) is 0 Å². The molecule has 0 N–H and O–H groups in total. The molecule has 0 fully saturated rings. The SMILES string of the molecule is CCCCCCN(C(=O)COc1cccnc1[N+](=O)[O-])c1nc(-c2ccccc2)cs1. The highest BCUT2D eigenvalue weighted by molar-refractivity contribution is 7.14. The Hall–Kier alpha value is -3.33. The summed E-state index contributed by atoms with van der Waals surface area (Å²) in [6.07, 6.45) is 5.34. The molecule has 9 heteroatoms. The minimum absolute atomic E-state index is 0.0316. The Labute approximate surface area is 184 Å². The Morgan fingerprint density at radius 2 is 1.97 bits per heavy atom. The van der Waals surface area contributed by atoms with Crippen molar-refractivity contribution in [1.82, 2.24) is 9.97 Å². The smallest absolute Gasteiger partial charge is 0.406 e. The first kappa shape index (κ1) is 22.4. The van der Waals surface area contributed by atoms with Crippen LogP contribution in [0.25, 0.3) is 11.3 Å². The van der Waals surface area contributed by atoms with Crippen LogP contribution in [0.2, 0.25) is 0 Å². The molecule has 3 rings (SSSR count). The standard InChI is InChI=1S/C22H24N4O4S/c1-2-3-4-8-14-25(22-24-18(16-31-22)17-10-6-5-7-11-17)20(27)15-30-19-12-9-13-23-21(19)26(28)29/h5-7,9-13,16H,2-4,8,14-15H2,1H3. The number of thiazole rings is 1. The minimum atomic E-state index is -0.630. The van der Waals surface area contributed by atoms with Crippen LogP contribution in [0.4, 0.5) is 10.9 Å². The van der Waals surface area contributed by atoms with Gasteiger partial charge in [-0.25, -0.2) is 4.98 Å². The molecule has 0 spiro atoms. The molecule has 0 atom stereocenters. The quantitative estimate of drug-likeness (QED) is 0.234. The number of hydrogen-bond donors (Lipinski definition) is 0. The van der Waals surface area contributed by atoms with Crippen molar-refractivity contribution in [1.29, 1.82) is 0 Å². The number of rotatable bonds is 11. The van der Waals surface area contributed by atoms with Gasteiger partial charge in [-0.3, -0.25) is 9.69 Å². The molecule has 31 heavy (non-hydrogen) atoms. The molecule has 3 aromatic rings. The van der Waals surface area contributed by atoms with Gasteiger partial charge in [0, 0.05) is 17.5 Å². The second-order valence-electron chi connectivity index (χ2n) is 6.86. The molecule has 0 radical (unpaired) electrons. The van der Waals surface area contributed by atoms with Gasteiger partial charge in [0.25, 0.3) is 5.91 Å². The van der Waals surface area contributed by atoms with Crippen LogP contribution >= 0.6 is 11.3 Å². The number of amides is 1. The lowest BCUT2D eigenvalue weighted by molar-refractivity contribution is -0.390. The van der Waals surface area contributed by atoms with Crippen molar-refractivity contribution in [3.05, 3.63) is 64.2 Å². The molecule has 2 aromatic heterocycles. The first-order chi connectivity index (χ1) is 15.1. The Morgan fingerprint density at radius 1 is 1.16 bits per heavy atom. The van der Waals surface area contributed by atoms with Crippen LogP contribution in [0.1, 0.15) is 32.6 Å². The Balaban J connectivity index is 1.75. The maximum atomic E-state index is 13.0. The largest absolute Gasteiger partial charge is 0.476 e. The average molecular weight is 441 g/mol. The van der Waals surface area contributed by atoms with Crippen LogP contribution in [-0.2, 0) is 4.79 Å². The van der Waals surface area contributed by atoms with Crippen molar-refractivity contribution < 1.29 is 14.5 Å². The summed E-state index contributed by atoms with van der Waals surface area (Å²) in [5, 5.41) is 13.6. The predicted octanol–water partition coefficient (Wildman–Crippen LogP) is 5.11. The van der Waals surface area contributed by atoms with Gasteiger partial charge >= 0.3 is 5.82 Å². The van der Waals surface area contributed by atoms with Gasteiger partial charge in [-0.15, -0.1) is 11.3 Å². The van der Waals surface area contributed by atoms with Gasteiger partial charge in [-0.1, -0.05) is 56.5 Å². The Morgan fingerprint density at radius 3 is 2.71 bits per heavy atom. The molecule has 0 aliphatic rings. The summed E-state index contributed by atoms with van der Waals surface area (Å²) in [4.78, 5) is 33.4. The first-order valence-corrected chi connectivity index (χ1v) is 11.0. The summed E-state index contributed by atoms with van der Waals surface area (Å²) in [5.41, 5.74) is 1.78. The summed E-state index contributed by atoms with van der Waals surface area (Å²) in [6.45, 7) is 2.31. The number of ether oxygens (including phenoxy) is 1. The number of unbranched alkanes of at least 4 members (excludes halogenated alkanes) is 3. The predicted molar refractivity (Wildman–Crippen MR) is 120 cm³/mol. The highest BCUT2D eigenvalue weighted by Crippen LogP contribution is 2.28. The highest BCUT2D eigenvalue weighted by Gasteiger charge is 2.22. The number of nitrogens with zero attached hydrogens (tertiary/aromatic N) is 4. The van der Waals surface area contributed by atoms with Gasteiger partial charge in [0.05, 0.1) is 5.69 Å². The number of anilines is 1. The summed E-state index contributed by atoms with van der Waals surface area (Å²) in [6, 6.07) is 12.7. The summed E-state index contributed by atoms with van der Waals surface area (Å²) in [7, 11) is 0. The molecule has 2 heterocycles. The normalized spacial score (nSPS) is 10.6. The molecule has 0 unspecified atom stereocenters. The highest BCUT2D eigenvalue weighted by atomic mass is 32.1. The van der Waals surface area contributed by atoms with Crippen molar-refractivity contribution in [2.75, 3.05) is 18.1 Å². The van der Waals surface area contributed by atoms with Crippen molar-refractivity contribution in [2.24, 2.45) is 0 Å².